The third-order valence-electron chi connectivity index (χ3n) is 4.51. The van der Waals surface area contributed by atoms with Crippen LogP contribution in [0.3, 0.4) is 0 Å². The van der Waals surface area contributed by atoms with E-state index in [9.17, 15) is 21.6 Å². The van der Waals surface area contributed by atoms with E-state index >= 15 is 0 Å². The molecule has 28 heavy (non-hydrogen) atoms. The lowest BCUT2D eigenvalue weighted by Gasteiger charge is -2.34. The van der Waals surface area contributed by atoms with Crippen molar-refractivity contribution in [1.29, 1.82) is 0 Å². The Labute approximate surface area is 165 Å². The Hall–Kier alpha value is -2.01. The molecule has 0 bridgehead atoms. The Morgan fingerprint density at radius 2 is 1.79 bits per heavy atom. The highest BCUT2D eigenvalue weighted by atomic mass is 32.2. The standard InChI is InChI=1S/C18H18F3N3O2S2/c1-12-11-13(3-8-16(12)27-2)17(18(19,20)21)9-10-24(23-17)14-4-6-15(7-5-14)28(22,25)26/h3-11,23H,1-2H3,(H2,22,25,26)/t17-/m0/s1. The van der Waals surface area contributed by atoms with Gasteiger partial charge in [0.2, 0.25) is 10.0 Å². The number of nitrogens with two attached hydrogens (primary N) is 1. The molecule has 0 radical (unpaired) electrons. The SMILES string of the molecule is CSc1ccc([C@]2(C(F)(F)F)C=CN(c3ccc(S(N)(=O)=O)cc3)N2)cc1C. The number of aryl methyl sites for hydroxylation is 1. The van der Waals surface area contributed by atoms with Crippen LogP contribution >= 0.6 is 11.8 Å². The predicted octanol–water partition coefficient (Wildman–Crippen LogP) is 3.66. The molecule has 0 saturated heterocycles. The number of anilines is 1. The molecule has 1 aliphatic rings. The Bertz CT molecular complexity index is 1020. The van der Waals surface area contributed by atoms with Crippen molar-refractivity contribution in [2.45, 2.75) is 28.4 Å². The lowest BCUT2D eigenvalue weighted by atomic mass is 9.89. The van der Waals surface area contributed by atoms with Gasteiger partial charge in [0, 0.05) is 11.1 Å². The second kappa shape index (κ2) is 7.11. The maximum absolute atomic E-state index is 14.1. The minimum Gasteiger partial charge on any atom is -0.283 e. The van der Waals surface area contributed by atoms with Gasteiger partial charge in [-0.2, -0.15) is 13.2 Å². The first kappa shape index (κ1) is 20.7. The molecule has 2 aromatic rings. The van der Waals surface area contributed by atoms with Gasteiger partial charge < -0.3 is 0 Å². The highest BCUT2D eigenvalue weighted by Gasteiger charge is 2.57. The number of sulfonamides is 1. The number of thioether (sulfide) groups is 1. The van der Waals surface area contributed by atoms with Gasteiger partial charge in [0.05, 0.1) is 10.6 Å². The first-order valence-corrected chi connectivity index (χ1v) is 10.9. The third-order valence-corrected chi connectivity index (χ3v) is 6.34. The summed E-state index contributed by atoms with van der Waals surface area (Å²) in [5.74, 6) is 0. The van der Waals surface area contributed by atoms with E-state index in [1.165, 1.54) is 59.4 Å². The number of primary sulfonamides is 1. The summed E-state index contributed by atoms with van der Waals surface area (Å²) in [5.41, 5.74) is 1.27. The number of rotatable bonds is 4. The molecule has 150 valence electrons. The lowest BCUT2D eigenvalue weighted by molar-refractivity contribution is -0.183. The molecule has 3 rings (SSSR count). The van der Waals surface area contributed by atoms with Crippen LogP contribution in [-0.2, 0) is 15.6 Å². The van der Waals surface area contributed by atoms with E-state index in [0.717, 1.165) is 16.5 Å². The van der Waals surface area contributed by atoms with Crippen LogP contribution in [-0.4, -0.2) is 20.8 Å². The molecule has 0 saturated carbocycles. The molecule has 1 aliphatic heterocycles. The number of hydrazine groups is 1. The zero-order chi connectivity index (χ0) is 20.7. The number of nitrogens with one attached hydrogen (secondary N) is 1. The second-order valence-electron chi connectivity index (χ2n) is 6.33. The van der Waals surface area contributed by atoms with Crippen molar-refractivity contribution in [3.8, 4) is 0 Å². The van der Waals surface area contributed by atoms with Gasteiger partial charge in [0.15, 0.2) is 5.54 Å². The largest absolute Gasteiger partial charge is 0.416 e. The van der Waals surface area contributed by atoms with Crippen LogP contribution in [0.4, 0.5) is 18.9 Å². The summed E-state index contributed by atoms with van der Waals surface area (Å²) in [4.78, 5) is 0.781. The van der Waals surface area contributed by atoms with Crippen LogP contribution in [0.25, 0.3) is 0 Å². The molecule has 0 aliphatic carbocycles. The van der Waals surface area contributed by atoms with Crippen molar-refractivity contribution in [2.75, 3.05) is 11.3 Å². The molecule has 10 heteroatoms. The molecule has 1 heterocycles. The van der Waals surface area contributed by atoms with Crippen LogP contribution in [0.2, 0.25) is 0 Å². The minimum atomic E-state index is -4.61. The number of benzene rings is 2. The van der Waals surface area contributed by atoms with Gasteiger partial charge in [-0.1, -0.05) is 12.1 Å². The van der Waals surface area contributed by atoms with Gasteiger partial charge in [0.1, 0.15) is 0 Å². The highest BCUT2D eigenvalue weighted by molar-refractivity contribution is 7.98. The Morgan fingerprint density at radius 3 is 2.29 bits per heavy atom. The van der Waals surface area contributed by atoms with Gasteiger partial charge in [-0.3, -0.25) is 5.01 Å². The van der Waals surface area contributed by atoms with E-state index in [2.05, 4.69) is 5.43 Å². The maximum Gasteiger partial charge on any atom is 0.416 e. The highest BCUT2D eigenvalue weighted by Crippen LogP contribution is 2.44. The Kier molecular flexibility index (Phi) is 5.26. The van der Waals surface area contributed by atoms with Crippen LogP contribution in [0.1, 0.15) is 11.1 Å². The van der Waals surface area contributed by atoms with E-state index in [1.54, 1.807) is 13.0 Å². The molecule has 0 unspecified atom stereocenters. The van der Waals surface area contributed by atoms with Crippen LogP contribution < -0.4 is 15.6 Å². The lowest BCUT2D eigenvalue weighted by Crippen LogP contribution is -2.54. The molecule has 3 N–H and O–H groups in total. The van der Waals surface area contributed by atoms with Crippen LogP contribution in [0.15, 0.2) is 64.5 Å². The number of alkyl halides is 3. The van der Waals surface area contributed by atoms with Gasteiger partial charge in [-0.15, -0.1) is 11.8 Å². The average Bonchev–Trinajstić information content (AvgIpc) is 3.08. The van der Waals surface area contributed by atoms with Gasteiger partial charge in [-0.25, -0.2) is 19.0 Å². The summed E-state index contributed by atoms with van der Waals surface area (Å²) in [7, 11) is -3.88. The van der Waals surface area contributed by atoms with Crippen molar-refractivity contribution in [3.05, 3.63) is 65.9 Å². The Morgan fingerprint density at radius 1 is 1.14 bits per heavy atom. The predicted molar refractivity (Wildman–Crippen MR) is 103 cm³/mol. The summed E-state index contributed by atoms with van der Waals surface area (Å²) in [6, 6.07) is 9.89. The molecule has 2 aromatic carbocycles. The second-order valence-corrected chi connectivity index (χ2v) is 8.74. The molecular formula is C18H18F3N3O2S2. The first-order chi connectivity index (χ1) is 13.0. The molecule has 0 amide bonds. The third kappa shape index (κ3) is 3.64. The zero-order valence-electron chi connectivity index (χ0n) is 15.0. The number of hydrogen-bond donors (Lipinski definition) is 2. The topological polar surface area (TPSA) is 75.4 Å². The van der Waals surface area contributed by atoms with E-state index in [4.69, 9.17) is 5.14 Å². The monoisotopic (exact) mass is 429 g/mol. The minimum absolute atomic E-state index is 0.0650. The molecule has 5 nitrogen and oxygen atoms in total. The molecule has 0 fully saturated rings. The van der Waals surface area contributed by atoms with Crippen molar-refractivity contribution >= 4 is 27.5 Å². The fourth-order valence-corrected chi connectivity index (χ4v) is 4.10. The molecular weight excluding hydrogens is 411 g/mol. The average molecular weight is 429 g/mol. The van der Waals surface area contributed by atoms with Crippen molar-refractivity contribution in [3.63, 3.8) is 0 Å². The first-order valence-electron chi connectivity index (χ1n) is 8.09. The fourth-order valence-electron chi connectivity index (χ4n) is 3.00. The summed E-state index contributed by atoms with van der Waals surface area (Å²) < 4.78 is 65.0. The summed E-state index contributed by atoms with van der Waals surface area (Å²) in [6.07, 6.45) is -0.417. The fraction of sp³-hybridized carbons (Fsp3) is 0.222. The van der Waals surface area contributed by atoms with Crippen LogP contribution in [0.5, 0.6) is 0 Å². The van der Waals surface area contributed by atoms with Gasteiger partial charge in [-0.05, 0) is 60.7 Å². The molecule has 1 atom stereocenters. The quantitative estimate of drug-likeness (QED) is 0.726. The number of hydrogen-bond acceptors (Lipinski definition) is 5. The number of nitrogens with zero attached hydrogens (tertiary/aromatic N) is 1. The normalized spacial score (nSPS) is 20.0. The van der Waals surface area contributed by atoms with E-state index in [0.29, 0.717) is 5.69 Å². The van der Waals surface area contributed by atoms with E-state index < -0.39 is 21.7 Å². The summed E-state index contributed by atoms with van der Waals surface area (Å²) in [6.45, 7) is 1.77. The van der Waals surface area contributed by atoms with Gasteiger partial charge in [0.25, 0.3) is 0 Å². The Balaban J connectivity index is 1.98. The maximum atomic E-state index is 14.1. The van der Waals surface area contributed by atoms with Crippen molar-refractivity contribution in [2.24, 2.45) is 5.14 Å². The van der Waals surface area contributed by atoms with Crippen molar-refractivity contribution in [1.82, 2.24) is 5.43 Å². The van der Waals surface area contributed by atoms with Gasteiger partial charge >= 0.3 is 6.18 Å². The zero-order valence-corrected chi connectivity index (χ0v) is 16.6. The number of halogens is 3. The summed E-state index contributed by atoms with van der Waals surface area (Å²) >= 11 is 1.46. The molecule has 0 spiro atoms. The smallest absolute Gasteiger partial charge is 0.283 e. The van der Waals surface area contributed by atoms with E-state index in [1.807, 2.05) is 6.26 Å². The van der Waals surface area contributed by atoms with Crippen molar-refractivity contribution < 1.29 is 21.6 Å². The molecule has 0 aromatic heterocycles. The summed E-state index contributed by atoms with van der Waals surface area (Å²) in [5, 5.41) is 6.26. The van der Waals surface area contributed by atoms with E-state index in [-0.39, 0.29) is 10.5 Å². The van der Waals surface area contributed by atoms with Crippen LogP contribution in [0, 0.1) is 6.92 Å².